The highest BCUT2D eigenvalue weighted by atomic mass is 16.7. The maximum absolute atomic E-state index is 5.56. The summed E-state index contributed by atoms with van der Waals surface area (Å²) in [5.74, 6) is 0.592. The minimum Gasteiger partial charge on any atom is -0.379 e. The van der Waals surface area contributed by atoms with Gasteiger partial charge in [-0.05, 0) is 6.42 Å². The first kappa shape index (κ1) is 13.9. The zero-order valence-electron chi connectivity index (χ0n) is 10.7. The molecule has 0 saturated carbocycles. The number of rotatable bonds is 8. The Kier molecular flexibility index (Phi) is 7.81. The van der Waals surface area contributed by atoms with Crippen molar-refractivity contribution in [3.05, 3.63) is 0 Å². The Morgan fingerprint density at radius 2 is 1.75 bits per heavy atom. The average molecular weight is 230 g/mol. The number of ether oxygens (including phenoxy) is 3. The summed E-state index contributed by atoms with van der Waals surface area (Å²) in [6.45, 7) is 4.46. The molecule has 3 heteroatoms. The van der Waals surface area contributed by atoms with Gasteiger partial charge in [0.15, 0.2) is 6.29 Å². The zero-order chi connectivity index (χ0) is 11.6. The number of hydrogen-bond donors (Lipinski definition) is 0. The molecule has 0 N–H and O–H groups in total. The molecule has 0 aromatic rings. The summed E-state index contributed by atoms with van der Waals surface area (Å²) >= 11 is 0. The van der Waals surface area contributed by atoms with Crippen LogP contribution in [0, 0.1) is 5.92 Å². The first-order valence-electron chi connectivity index (χ1n) is 6.59. The van der Waals surface area contributed by atoms with Crippen molar-refractivity contribution in [2.75, 3.05) is 26.9 Å². The van der Waals surface area contributed by atoms with E-state index in [0.29, 0.717) is 12.5 Å². The van der Waals surface area contributed by atoms with Crippen LogP contribution in [0.2, 0.25) is 0 Å². The second-order valence-corrected chi connectivity index (χ2v) is 4.62. The summed E-state index contributed by atoms with van der Waals surface area (Å²) in [5.41, 5.74) is 0. The van der Waals surface area contributed by atoms with E-state index in [1.54, 1.807) is 7.11 Å². The maximum atomic E-state index is 5.56. The van der Waals surface area contributed by atoms with Gasteiger partial charge < -0.3 is 14.2 Å². The van der Waals surface area contributed by atoms with Gasteiger partial charge in [0.2, 0.25) is 0 Å². The molecule has 0 spiro atoms. The summed E-state index contributed by atoms with van der Waals surface area (Å²) in [6.07, 6.45) is 7.82. The van der Waals surface area contributed by atoms with Crippen molar-refractivity contribution in [2.24, 2.45) is 5.92 Å². The molecule has 0 radical (unpaired) electrons. The molecular weight excluding hydrogens is 204 g/mol. The highest BCUT2D eigenvalue weighted by molar-refractivity contribution is 4.63. The van der Waals surface area contributed by atoms with Crippen molar-refractivity contribution >= 4 is 0 Å². The summed E-state index contributed by atoms with van der Waals surface area (Å²) < 4.78 is 16.1. The molecule has 0 unspecified atom stereocenters. The van der Waals surface area contributed by atoms with Crippen molar-refractivity contribution in [3.63, 3.8) is 0 Å². The van der Waals surface area contributed by atoms with Crippen LogP contribution in [0.5, 0.6) is 0 Å². The van der Waals surface area contributed by atoms with E-state index in [2.05, 4.69) is 6.92 Å². The number of methoxy groups -OCH3 is 1. The number of unbranched alkanes of at least 4 members (excludes halogenated alkanes) is 4. The van der Waals surface area contributed by atoms with Gasteiger partial charge in [-0.3, -0.25) is 0 Å². The third-order valence-electron chi connectivity index (χ3n) is 3.05. The van der Waals surface area contributed by atoms with Crippen LogP contribution in [-0.2, 0) is 14.2 Å². The van der Waals surface area contributed by atoms with Crippen LogP contribution >= 0.6 is 0 Å². The van der Waals surface area contributed by atoms with Gasteiger partial charge in [0.05, 0.1) is 19.8 Å². The Hall–Kier alpha value is -0.120. The van der Waals surface area contributed by atoms with E-state index in [9.17, 15) is 0 Å². The molecule has 96 valence electrons. The van der Waals surface area contributed by atoms with Crippen molar-refractivity contribution in [3.8, 4) is 0 Å². The van der Waals surface area contributed by atoms with Gasteiger partial charge in [0.25, 0.3) is 0 Å². The third-order valence-corrected chi connectivity index (χ3v) is 3.05. The molecule has 3 nitrogen and oxygen atoms in total. The van der Waals surface area contributed by atoms with Crippen LogP contribution < -0.4 is 0 Å². The molecule has 1 aliphatic heterocycles. The fraction of sp³-hybridized carbons (Fsp3) is 1.00. The van der Waals surface area contributed by atoms with Gasteiger partial charge in [0.1, 0.15) is 0 Å². The number of hydrogen-bond acceptors (Lipinski definition) is 3. The van der Waals surface area contributed by atoms with Crippen LogP contribution in [0.25, 0.3) is 0 Å². The molecule has 1 saturated heterocycles. The Morgan fingerprint density at radius 1 is 1.06 bits per heavy atom. The topological polar surface area (TPSA) is 27.7 Å². The minimum absolute atomic E-state index is 0.138. The Balaban J connectivity index is 1.95. The lowest BCUT2D eigenvalue weighted by Crippen LogP contribution is -2.34. The lowest BCUT2D eigenvalue weighted by molar-refractivity contribution is -0.218. The lowest BCUT2D eigenvalue weighted by Gasteiger charge is -2.28. The van der Waals surface area contributed by atoms with Crippen LogP contribution in [0.15, 0.2) is 0 Å². The maximum Gasteiger partial charge on any atom is 0.180 e. The fourth-order valence-electron chi connectivity index (χ4n) is 2.02. The molecule has 0 amide bonds. The van der Waals surface area contributed by atoms with Crippen LogP contribution in [0.3, 0.4) is 0 Å². The first-order chi connectivity index (χ1) is 7.86. The molecule has 16 heavy (non-hydrogen) atoms. The van der Waals surface area contributed by atoms with Gasteiger partial charge in [-0.15, -0.1) is 0 Å². The van der Waals surface area contributed by atoms with E-state index < -0.39 is 0 Å². The molecule has 0 aliphatic carbocycles. The molecule has 0 bridgehead atoms. The standard InChI is InChI=1S/C13H26O3/c1-3-4-5-6-7-8-12-9-15-13(11-14-2)16-10-12/h12-13H,3-11H2,1-2H3. The van der Waals surface area contributed by atoms with E-state index in [-0.39, 0.29) is 6.29 Å². The second-order valence-electron chi connectivity index (χ2n) is 4.62. The molecular formula is C13H26O3. The van der Waals surface area contributed by atoms with Gasteiger partial charge in [0, 0.05) is 13.0 Å². The predicted octanol–water partition coefficient (Wildman–Crippen LogP) is 2.98. The molecule has 0 aromatic carbocycles. The molecule has 1 heterocycles. The Labute approximate surface area is 99.5 Å². The van der Waals surface area contributed by atoms with Crippen molar-refractivity contribution in [1.82, 2.24) is 0 Å². The van der Waals surface area contributed by atoms with Gasteiger partial charge in [-0.1, -0.05) is 39.0 Å². The zero-order valence-corrected chi connectivity index (χ0v) is 10.7. The highest BCUT2D eigenvalue weighted by Gasteiger charge is 2.21. The third kappa shape index (κ3) is 5.83. The van der Waals surface area contributed by atoms with E-state index in [0.717, 1.165) is 13.2 Å². The summed E-state index contributed by atoms with van der Waals surface area (Å²) in [7, 11) is 1.67. The quantitative estimate of drug-likeness (QED) is 0.600. The van der Waals surface area contributed by atoms with E-state index in [1.807, 2.05) is 0 Å². The molecule has 1 rings (SSSR count). The normalized spacial score (nSPS) is 25.9. The molecule has 1 fully saturated rings. The van der Waals surface area contributed by atoms with Crippen molar-refractivity contribution in [2.45, 2.75) is 51.7 Å². The Bertz CT molecular complexity index is 153. The molecule has 0 atom stereocenters. The average Bonchev–Trinajstić information content (AvgIpc) is 2.31. The van der Waals surface area contributed by atoms with E-state index in [4.69, 9.17) is 14.2 Å². The van der Waals surface area contributed by atoms with Crippen molar-refractivity contribution in [1.29, 1.82) is 0 Å². The van der Waals surface area contributed by atoms with Gasteiger partial charge >= 0.3 is 0 Å². The van der Waals surface area contributed by atoms with Crippen molar-refractivity contribution < 1.29 is 14.2 Å². The van der Waals surface area contributed by atoms with Crippen LogP contribution in [0.1, 0.15) is 45.4 Å². The SMILES string of the molecule is CCCCCCCC1COC(COC)OC1. The van der Waals surface area contributed by atoms with Gasteiger partial charge in [-0.2, -0.15) is 0 Å². The summed E-state index contributed by atoms with van der Waals surface area (Å²) in [4.78, 5) is 0. The molecule has 1 aliphatic rings. The second kappa shape index (κ2) is 8.97. The summed E-state index contributed by atoms with van der Waals surface area (Å²) in [6, 6.07) is 0. The minimum atomic E-state index is -0.138. The largest absolute Gasteiger partial charge is 0.379 e. The van der Waals surface area contributed by atoms with Crippen LogP contribution in [-0.4, -0.2) is 33.2 Å². The lowest BCUT2D eigenvalue weighted by atomic mass is 10.0. The predicted molar refractivity (Wildman–Crippen MR) is 64.4 cm³/mol. The fourth-order valence-corrected chi connectivity index (χ4v) is 2.02. The van der Waals surface area contributed by atoms with E-state index in [1.165, 1.54) is 38.5 Å². The monoisotopic (exact) mass is 230 g/mol. The Morgan fingerprint density at radius 3 is 2.38 bits per heavy atom. The molecule has 0 aromatic heterocycles. The first-order valence-corrected chi connectivity index (χ1v) is 6.59. The van der Waals surface area contributed by atoms with Crippen LogP contribution in [0.4, 0.5) is 0 Å². The van der Waals surface area contributed by atoms with E-state index >= 15 is 0 Å². The van der Waals surface area contributed by atoms with Gasteiger partial charge in [-0.25, -0.2) is 0 Å². The highest BCUT2D eigenvalue weighted by Crippen LogP contribution is 2.18. The summed E-state index contributed by atoms with van der Waals surface area (Å²) in [5, 5.41) is 0. The smallest absolute Gasteiger partial charge is 0.180 e.